The van der Waals surface area contributed by atoms with Crippen LogP contribution in [0.4, 0.5) is 0 Å². The average molecular weight is 253 g/mol. The number of ether oxygens (including phenoxy) is 2. The third-order valence-corrected chi connectivity index (χ3v) is 3.11. The highest BCUT2D eigenvalue weighted by Crippen LogP contribution is 2.31. The first kappa shape index (κ1) is 15.0. The summed E-state index contributed by atoms with van der Waals surface area (Å²) in [4.78, 5) is 0. The van der Waals surface area contributed by atoms with E-state index in [1.807, 2.05) is 25.1 Å². The van der Waals surface area contributed by atoms with Gasteiger partial charge < -0.3 is 20.3 Å². The number of aryl methyl sites for hydroxylation is 1. The summed E-state index contributed by atoms with van der Waals surface area (Å²) in [6.45, 7) is 2.78. The molecule has 18 heavy (non-hydrogen) atoms. The minimum absolute atomic E-state index is 0.264. The Balaban J connectivity index is 3.04. The molecule has 1 atom stereocenters. The van der Waals surface area contributed by atoms with Gasteiger partial charge in [-0.05, 0) is 49.6 Å². The van der Waals surface area contributed by atoms with Gasteiger partial charge >= 0.3 is 0 Å². The normalized spacial score (nSPS) is 14.3. The first-order valence-electron chi connectivity index (χ1n) is 6.14. The zero-order chi connectivity index (χ0) is 13.6. The van der Waals surface area contributed by atoms with Crippen molar-refractivity contribution in [1.82, 2.24) is 0 Å². The predicted molar refractivity (Wildman–Crippen MR) is 71.8 cm³/mol. The summed E-state index contributed by atoms with van der Waals surface area (Å²) in [5.74, 6) is 0.787. The molecule has 0 saturated carbocycles. The highest BCUT2D eigenvalue weighted by Gasteiger charge is 2.30. The van der Waals surface area contributed by atoms with Crippen LogP contribution in [0.2, 0.25) is 0 Å². The molecule has 1 rings (SSSR count). The standard InChI is InChI=1S/C14H23NO3/c1-11-9-12(18-3)5-6-13(11)14(16,10-17-2)7-4-8-15/h5-6,9,16H,4,7-8,10,15H2,1-3H3. The number of hydrogen-bond acceptors (Lipinski definition) is 4. The van der Waals surface area contributed by atoms with E-state index in [1.54, 1.807) is 14.2 Å². The molecule has 0 spiro atoms. The highest BCUT2D eigenvalue weighted by molar-refractivity contribution is 5.38. The summed E-state index contributed by atoms with van der Waals surface area (Å²) in [6, 6.07) is 5.66. The van der Waals surface area contributed by atoms with Crippen LogP contribution in [0.15, 0.2) is 18.2 Å². The van der Waals surface area contributed by atoms with Crippen LogP contribution in [0.5, 0.6) is 5.75 Å². The second-order valence-corrected chi connectivity index (χ2v) is 4.54. The lowest BCUT2D eigenvalue weighted by Gasteiger charge is -2.29. The summed E-state index contributed by atoms with van der Waals surface area (Å²) in [5.41, 5.74) is 6.41. The molecule has 1 unspecified atom stereocenters. The summed E-state index contributed by atoms with van der Waals surface area (Å²) >= 11 is 0. The Morgan fingerprint density at radius 1 is 1.33 bits per heavy atom. The van der Waals surface area contributed by atoms with Gasteiger partial charge in [-0.25, -0.2) is 0 Å². The van der Waals surface area contributed by atoms with Gasteiger partial charge in [0.05, 0.1) is 13.7 Å². The van der Waals surface area contributed by atoms with E-state index in [0.29, 0.717) is 13.0 Å². The van der Waals surface area contributed by atoms with Gasteiger partial charge in [-0.15, -0.1) is 0 Å². The minimum Gasteiger partial charge on any atom is -0.497 e. The third-order valence-electron chi connectivity index (χ3n) is 3.11. The van der Waals surface area contributed by atoms with Crippen LogP contribution >= 0.6 is 0 Å². The molecule has 0 fully saturated rings. The molecular weight excluding hydrogens is 230 g/mol. The van der Waals surface area contributed by atoms with Crippen molar-refractivity contribution in [3.8, 4) is 5.75 Å². The quantitative estimate of drug-likeness (QED) is 0.774. The number of nitrogens with two attached hydrogens (primary N) is 1. The third kappa shape index (κ3) is 3.45. The molecule has 0 aliphatic heterocycles. The number of hydrogen-bond donors (Lipinski definition) is 2. The largest absolute Gasteiger partial charge is 0.497 e. The van der Waals surface area contributed by atoms with Gasteiger partial charge in [-0.1, -0.05) is 6.07 Å². The van der Waals surface area contributed by atoms with Gasteiger partial charge in [0.15, 0.2) is 0 Å². The van der Waals surface area contributed by atoms with Crippen LogP contribution in [0.3, 0.4) is 0 Å². The number of rotatable bonds is 7. The lowest BCUT2D eigenvalue weighted by molar-refractivity contribution is -0.0434. The molecule has 1 aromatic carbocycles. The molecule has 1 aromatic rings. The van der Waals surface area contributed by atoms with Crippen LogP contribution in [0, 0.1) is 6.92 Å². The van der Waals surface area contributed by atoms with E-state index in [-0.39, 0.29) is 6.61 Å². The Bertz CT molecular complexity index is 381. The van der Waals surface area contributed by atoms with Gasteiger partial charge in [-0.2, -0.15) is 0 Å². The van der Waals surface area contributed by atoms with Crippen molar-refractivity contribution in [2.45, 2.75) is 25.4 Å². The molecule has 0 radical (unpaired) electrons. The molecule has 4 nitrogen and oxygen atoms in total. The molecular formula is C14H23NO3. The van der Waals surface area contributed by atoms with Crippen molar-refractivity contribution in [1.29, 1.82) is 0 Å². The summed E-state index contributed by atoms with van der Waals surface area (Å²) in [6.07, 6.45) is 1.34. The monoisotopic (exact) mass is 253 g/mol. The topological polar surface area (TPSA) is 64.7 Å². The van der Waals surface area contributed by atoms with Crippen LogP contribution < -0.4 is 10.5 Å². The minimum atomic E-state index is -0.982. The fourth-order valence-corrected chi connectivity index (χ4v) is 2.20. The van der Waals surface area contributed by atoms with Gasteiger partial charge in [0.1, 0.15) is 11.4 Å². The summed E-state index contributed by atoms with van der Waals surface area (Å²) in [7, 11) is 3.22. The summed E-state index contributed by atoms with van der Waals surface area (Å²) in [5, 5.41) is 10.7. The first-order valence-corrected chi connectivity index (χ1v) is 6.14. The molecule has 0 aliphatic rings. The van der Waals surface area contributed by atoms with Crippen molar-refractivity contribution < 1.29 is 14.6 Å². The number of methoxy groups -OCH3 is 2. The fourth-order valence-electron chi connectivity index (χ4n) is 2.20. The molecule has 0 aliphatic carbocycles. The maximum atomic E-state index is 10.7. The fraction of sp³-hybridized carbons (Fsp3) is 0.571. The van der Waals surface area contributed by atoms with E-state index < -0.39 is 5.60 Å². The number of benzene rings is 1. The number of aliphatic hydroxyl groups is 1. The van der Waals surface area contributed by atoms with Crippen LogP contribution in [-0.4, -0.2) is 32.5 Å². The molecule has 0 heterocycles. The van der Waals surface area contributed by atoms with Gasteiger partial charge in [0, 0.05) is 7.11 Å². The van der Waals surface area contributed by atoms with E-state index in [9.17, 15) is 5.11 Å². The van der Waals surface area contributed by atoms with Crippen molar-refractivity contribution in [3.63, 3.8) is 0 Å². The van der Waals surface area contributed by atoms with Crippen molar-refractivity contribution >= 4 is 0 Å². The molecule has 0 saturated heterocycles. The Labute approximate surface area is 109 Å². The van der Waals surface area contributed by atoms with E-state index in [1.165, 1.54) is 0 Å². The zero-order valence-electron chi connectivity index (χ0n) is 11.4. The van der Waals surface area contributed by atoms with Crippen LogP contribution in [-0.2, 0) is 10.3 Å². The van der Waals surface area contributed by atoms with Crippen LogP contribution in [0.25, 0.3) is 0 Å². The molecule has 3 N–H and O–H groups in total. The van der Waals surface area contributed by atoms with E-state index in [0.717, 1.165) is 23.3 Å². The highest BCUT2D eigenvalue weighted by atomic mass is 16.5. The smallest absolute Gasteiger partial charge is 0.119 e. The summed E-state index contributed by atoms with van der Waals surface area (Å²) < 4.78 is 10.3. The molecule has 0 bridgehead atoms. The molecule has 0 amide bonds. The molecule has 102 valence electrons. The van der Waals surface area contributed by atoms with E-state index in [4.69, 9.17) is 15.2 Å². The lowest BCUT2D eigenvalue weighted by Crippen LogP contribution is -2.32. The maximum absolute atomic E-state index is 10.7. The van der Waals surface area contributed by atoms with E-state index in [2.05, 4.69) is 0 Å². The maximum Gasteiger partial charge on any atom is 0.119 e. The Hall–Kier alpha value is -1.10. The van der Waals surface area contributed by atoms with Crippen molar-refractivity contribution in [2.75, 3.05) is 27.4 Å². The van der Waals surface area contributed by atoms with Gasteiger partial charge in [0.2, 0.25) is 0 Å². The van der Waals surface area contributed by atoms with Gasteiger partial charge in [0.25, 0.3) is 0 Å². The van der Waals surface area contributed by atoms with Crippen molar-refractivity contribution in [2.24, 2.45) is 5.73 Å². The Kier molecular flexibility index (Phi) is 5.59. The predicted octanol–water partition coefficient (Wildman–Crippen LogP) is 1.58. The molecule has 0 aromatic heterocycles. The Morgan fingerprint density at radius 2 is 2.06 bits per heavy atom. The average Bonchev–Trinajstić information content (AvgIpc) is 2.36. The van der Waals surface area contributed by atoms with Gasteiger partial charge in [-0.3, -0.25) is 0 Å². The van der Waals surface area contributed by atoms with Crippen molar-refractivity contribution in [3.05, 3.63) is 29.3 Å². The lowest BCUT2D eigenvalue weighted by atomic mass is 9.86. The van der Waals surface area contributed by atoms with E-state index >= 15 is 0 Å². The Morgan fingerprint density at radius 3 is 2.56 bits per heavy atom. The zero-order valence-corrected chi connectivity index (χ0v) is 11.4. The SMILES string of the molecule is COCC(O)(CCCN)c1ccc(OC)cc1C. The first-order chi connectivity index (χ1) is 8.57. The molecule has 4 heteroatoms. The second kappa shape index (κ2) is 6.73. The second-order valence-electron chi connectivity index (χ2n) is 4.54. The van der Waals surface area contributed by atoms with Crippen LogP contribution in [0.1, 0.15) is 24.0 Å².